The van der Waals surface area contributed by atoms with E-state index >= 15 is 0 Å². The Morgan fingerprint density at radius 3 is 2.57 bits per heavy atom. The average molecular weight is 333 g/mol. The molecule has 0 aliphatic rings. The van der Waals surface area contributed by atoms with E-state index < -0.39 is 4.92 Å². The van der Waals surface area contributed by atoms with Crippen molar-refractivity contribution in [2.24, 2.45) is 0 Å². The lowest BCUT2D eigenvalue weighted by atomic mass is 10.2. The van der Waals surface area contributed by atoms with Gasteiger partial charge in [-0.25, -0.2) is 0 Å². The van der Waals surface area contributed by atoms with Gasteiger partial charge in [-0.3, -0.25) is 14.9 Å². The quantitative estimate of drug-likeness (QED) is 0.511. The third-order valence-corrected chi connectivity index (χ3v) is 3.19. The predicted molar refractivity (Wildman–Crippen MR) is 88.8 cm³/mol. The Bertz CT molecular complexity index is 757. The zero-order valence-electron chi connectivity index (χ0n) is 12.2. The van der Waals surface area contributed by atoms with E-state index in [4.69, 9.17) is 16.3 Å². The second kappa shape index (κ2) is 7.42. The number of hydrogen-bond donors (Lipinski definition) is 1. The van der Waals surface area contributed by atoms with Crippen LogP contribution in [0.2, 0.25) is 5.02 Å². The highest BCUT2D eigenvalue weighted by molar-refractivity contribution is 6.31. The molecule has 0 atom stereocenters. The van der Waals surface area contributed by atoms with Gasteiger partial charge in [0.2, 0.25) is 5.91 Å². The number of ether oxygens (including phenoxy) is 1. The van der Waals surface area contributed by atoms with E-state index in [1.807, 2.05) is 0 Å². The second-order valence-corrected chi connectivity index (χ2v) is 4.95. The van der Waals surface area contributed by atoms with Gasteiger partial charge in [0.15, 0.2) is 0 Å². The molecule has 0 aromatic heterocycles. The normalized spacial score (nSPS) is 10.5. The zero-order chi connectivity index (χ0) is 16.8. The van der Waals surface area contributed by atoms with Gasteiger partial charge in [-0.1, -0.05) is 11.6 Å². The summed E-state index contributed by atoms with van der Waals surface area (Å²) in [5.41, 5.74) is 1.12. The highest BCUT2D eigenvalue weighted by atomic mass is 35.5. The van der Waals surface area contributed by atoms with Crippen molar-refractivity contribution in [1.82, 2.24) is 0 Å². The van der Waals surface area contributed by atoms with E-state index in [1.165, 1.54) is 25.3 Å². The van der Waals surface area contributed by atoms with Crippen molar-refractivity contribution in [3.63, 3.8) is 0 Å². The maximum atomic E-state index is 11.9. The van der Waals surface area contributed by atoms with Crippen LogP contribution in [0.25, 0.3) is 6.08 Å². The van der Waals surface area contributed by atoms with E-state index in [0.29, 0.717) is 22.0 Å². The molecule has 0 heterocycles. The van der Waals surface area contributed by atoms with Crippen LogP contribution < -0.4 is 10.1 Å². The maximum absolute atomic E-state index is 11.9. The van der Waals surface area contributed by atoms with Gasteiger partial charge in [-0.2, -0.15) is 0 Å². The van der Waals surface area contributed by atoms with Crippen LogP contribution in [0.3, 0.4) is 0 Å². The number of anilines is 1. The van der Waals surface area contributed by atoms with Crippen molar-refractivity contribution in [3.05, 3.63) is 69.2 Å². The lowest BCUT2D eigenvalue weighted by Gasteiger charge is -2.08. The van der Waals surface area contributed by atoms with Crippen LogP contribution in [-0.4, -0.2) is 17.9 Å². The van der Waals surface area contributed by atoms with Crippen LogP contribution in [0.4, 0.5) is 11.4 Å². The molecule has 118 valence electrons. The first-order chi connectivity index (χ1) is 11.0. The monoisotopic (exact) mass is 332 g/mol. The molecule has 0 radical (unpaired) electrons. The number of carbonyl (C=O) groups excluding carboxylic acids is 1. The molecule has 0 spiro atoms. The minimum Gasteiger partial charge on any atom is -0.495 e. The Hall–Kier alpha value is -2.86. The number of amides is 1. The summed E-state index contributed by atoms with van der Waals surface area (Å²) in [4.78, 5) is 22.0. The summed E-state index contributed by atoms with van der Waals surface area (Å²) in [7, 11) is 1.49. The zero-order valence-corrected chi connectivity index (χ0v) is 12.9. The first-order valence-corrected chi connectivity index (χ1v) is 6.94. The predicted octanol–water partition coefficient (Wildman–Crippen LogP) is 3.91. The molecule has 2 aromatic rings. The molecule has 0 fully saturated rings. The lowest BCUT2D eigenvalue weighted by Crippen LogP contribution is -2.08. The van der Waals surface area contributed by atoms with Crippen molar-refractivity contribution < 1.29 is 14.5 Å². The molecule has 23 heavy (non-hydrogen) atoms. The second-order valence-electron chi connectivity index (χ2n) is 4.52. The molecule has 0 unspecified atom stereocenters. The first-order valence-electron chi connectivity index (χ1n) is 6.56. The Morgan fingerprint density at radius 2 is 1.96 bits per heavy atom. The summed E-state index contributed by atoms with van der Waals surface area (Å²) in [6.07, 6.45) is 2.87. The van der Waals surface area contributed by atoms with Crippen molar-refractivity contribution in [2.45, 2.75) is 0 Å². The van der Waals surface area contributed by atoms with Crippen molar-refractivity contribution in [1.29, 1.82) is 0 Å². The summed E-state index contributed by atoms with van der Waals surface area (Å²) in [5, 5.41) is 13.7. The number of nitro benzene ring substituents is 1. The Morgan fingerprint density at radius 1 is 1.26 bits per heavy atom. The van der Waals surface area contributed by atoms with Crippen molar-refractivity contribution in [3.8, 4) is 5.75 Å². The lowest BCUT2D eigenvalue weighted by molar-refractivity contribution is -0.384. The van der Waals surface area contributed by atoms with Gasteiger partial charge in [0, 0.05) is 23.2 Å². The molecular weight excluding hydrogens is 320 g/mol. The van der Waals surface area contributed by atoms with Crippen LogP contribution in [0, 0.1) is 10.1 Å². The molecule has 0 aliphatic heterocycles. The Labute approximate surface area is 137 Å². The average Bonchev–Trinajstić information content (AvgIpc) is 2.53. The number of nitrogens with one attached hydrogen (secondary N) is 1. The highest BCUT2D eigenvalue weighted by Gasteiger charge is 2.06. The summed E-state index contributed by atoms with van der Waals surface area (Å²) in [6.45, 7) is 0. The molecule has 6 nitrogen and oxygen atoms in total. The SMILES string of the molecule is COc1ccc(Cl)cc1NC(=O)C=Cc1ccc([N+](=O)[O-])cc1. The Kier molecular flexibility index (Phi) is 5.32. The molecular formula is C16H13ClN2O4. The van der Waals surface area contributed by atoms with Gasteiger partial charge in [0.05, 0.1) is 17.7 Å². The molecule has 0 saturated carbocycles. The van der Waals surface area contributed by atoms with E-state index in [2.05, 4.69) is 5.32 Å². The smallest absolute Gasteiger partial charge is 0.269 e. The standard InChI is InChI=1S/C16H13ClN2O4/c1-23-15-8-5-12(17)10-14(15)18-16(20)9-4-11-2-6-13(7-3-11)19(21)22/h2-10H,1H3,(H,18,20). The van der Waals surface area contributed by atoms with Crippen LogP contribution in [0.15, 0.2) is 48.5 Å². The molecule has 2 aromatic carbocycles. The fourth-order valence-electron chi connectivity index (χ4n) is 1.83. The maximum Gasteiger partial charge on any atom is 0.269 e. The number of nitro groups is 1. The topological polar surface area (TPSA) is 81.5 Å². The number of non-ortho nitro benzene ring substituents is 1. The van der Waals surface area contributed by atoms with Gasteiger partial charge in [0.1, 0.15) is 5.75 Å². The largest absolute Gasteiger partial charge is 0.495 e. The third kappa shape index (κ3) is 4.55. The number of carbonyl (C=O) groups is 1. The fourth-order valence-corrected chi connectivity index (χ4v) is 2.00. The summed E-state index contributed by atoms with van der Waals surface area (Å²) in [5.74, 6) is 0.121. The summed E-state index contributed by atoms with van der Waals surface area (Å²) < 4.78 is 5.14. The molecule has 7 heteroatoms. The van der Waals surface area contributed by atoms with Gasteiger partial charge < -0.3 is 10.1 Å². The minimum absolute atomic E-state index is 0.00438. The van der Waals surface area contributed by atoms with Crippen LogP contribution in [0.1, 0.15) is 5.56 Å². The third-order valence-electron chi connectivity index (χ3n) is 2.95. The molecule has 1 N–H and O–H groups in total. The van der Waals surface area contributed by atoms with Gasteiger partial charge >= 0.3 is 0 Å². The number of methoxy groups -OCH3 is 1. The van der Waals surface area contributed by atoms with Gasteiger partial charge in [-0.15, -0.1) is 0 Å². The van der Waals surface area contributed by atoms with Gasteiger partial charge in [0.25, 0.3) is 5.69 Å². The van der Waals surface area contributed by atoms with Crippen molar-refractivity contribution in [2.75, 3.05) is 12.4 Å². The van der Waals surface area contributed by atoms with E-state index in [0.717, 1.165) is 0 Å². The van der Waals surface area contributed by atoms with E-state index in [9.17, 15) is 14.9 Å². The van der Waals surface area contributed by atoms with Crippen LogP contribution >= 0.6 is 11.6 Å². The Balaban J connectivity index is 2.07. The number of halogens is 1. The summed E-state index contributed by atoms with van der Waals surface area (Å²) in [6, 6.07) is 10.7. The molecule has 0 bridgehead atoms. The number of benzene rings is 2. The molecule has 1 amide bonds. The number of nitrogens with zero attached hydrogens (tertiary/aromatic N) is 1. The number of hydrogen-bond acceptors (Lipinski definition) is 4. The molecule has 2 rings (SSSR count). The highest BCUT2D eigenvalue weighted by Crippen LogP contribution is 2.27. The molecule has 0 aliphatic carbocycles. The molecule has 0 saturated heterocycles. The minimum atomic E-state index is -0.481. The fraction of sp³-hybridized carbons (Fsp3) is 0.0625. The van der Waals surface area contributed by atoms with E-state index in [1.54, 1.807) is 36.4 Å². The first kappa shape index (κ1) is 16.5. The van der Waals surface area contributed by atoms with Gasteiger partial charge in [-0.05, 0) is 42.0 Å². The van der Waals surface area contributed by atoms with Crippen LogP contribution in [0.5, 0.6) is 5.75 Å². The summed E-state index contributed by atoms with van der Waals surface area (Å²) >= 11 is 5.89. The number of rotatable bonds is 5. The van der Waals surface area contributed by atoms with Crippen LogP contribution in [-0.2, 0) is 4.79 Å². The van der Waals surface area contributed by atoms with E-state index in [-0.39, 0.29) is 11.6 Å². The van der Waals surface area contributed by atoms with Crippen molar-refractivity contribution >= 4 is 35.0 Å².